The van der Waals surface area contributed by atoms with E-state index in [1.54, 1.807) is 13.8 Å². The number of aliphatic hydroxyl groups is 2. The van der Waals surface area contributed by atoms with Gasteiger partial charge in [0.1, 0.15) is 34.6 Å². The number of benzene rings is 2. The van der Waals surface area contributed by atoms with Crippen molar-refractivity contribution in [2.45, 2.75) is 131 Å². The molecule has 0 radical (unpaired) electrons. The first kappa shape index (κ1) is 64.6. The van der Waals surface area contributed by atoms with Gasteiger partial charge in [-0.2, -0.15) is 0 Å². The molecule has 22 heteroatoms. The molecule has 4 amide bonds. The summed E-state index contributed by atoms with van der Waals surface area (Å²) in [4.78, 5) is 75.2. The molecule has 2 aliphatic heterocycles. The Labute approximate surface area is 432 Å². The van der Waals surface area contributed by atoms with Gasteiger partial charge in [0.25, 0.3) is 0 Å². The number of carbonyl (C=O) groups excluding carboxylic acids is 4. The van der Waals surface area contributed by atoms with E-state index >= 15 is 0 Å². The molecule has 2 saturated heterocycles. The van der Waals surface area contributed by atoms with Crippen molar-refractivity contribution in [3.63, 3.8) is 0 Å². The lowest BCUT2D eigenvalue weighted by Crippen LogP contribution is -2.64. The number of anilines is 2. The van der Waals surface area contributed by atoms with E-state index in [4.69, 9.17) is 21.7 Å². The van der Waals surface area contributed by atoms with Crippen LogP contribution >= 0.6 is 0 Å². The quantitative estimate of drug-likeness (QED) is 0.0767. The van der Waals surface area contributed by atoms with Gasteiger partial charge in [0.15, 0.2) is 0 Å². The van der Waals surface area contributed by atoms with Crippen molar-refractivity contribution in [2.75, 3.05) is 62.2 Å². The third kappa shape index (κ3) is 20.7. The van der Waals surface area contributed by atoms with E-state index in [0.29, 0.717) is 25.2 Å². The van der Waals surface area contributed by atoms with Crippen LogP contribution < -0.4 is 31.9 Å². The van der Waals surface area contributed by atoms with Gasteiger partial charge in [-0.3, -0.25) is 29.0 Å². The van der Waals surface area contributed by atoms with Crippen molar-refractivity contribution in [1.29, 1.82) is 0 Å². The molecule has 2 aromatic rings. The fourth-order valence-corrected chi connectivity index (χ4v) is 7.84. The molecule has 0 unspecified atom stereocenters. The fraction of sp³-hybridized carbons (Fsp3) is 0.615. The Morgan fingerprint density at radius 3 is 1.16 bits per heavy atom. The highest BCUT2D eigenvalue weighted by Crippen LogP contribution is 2.32. The van der Waals surface area contributed by atoms with Gasteiger partial charge in [0.05, 0.1) is 25.3 Å². The number of piperazine rings is 2. The summed E-state index contributed by atoms with van der Waals surface area (Å²) in [6.07, 6.45) is -0.413. The number of nitrogens with zero attached hydrogens (tertiary/aromatic N) is 4. The van der Waals surface area contributed by atoms with Crippen molar-refractivity contribution in [1.82, 2.24) is 20.4 Å². The molecule has 74 heavy (non-hydrogen) atoms. The van der Waals surface area contributed by atoms with Gasteiger partial charge in [0, 0.05) is 86.4 Å². The van der Waals surface area contributed by atoms with Gasteiger partial charge in [-0.25, -0.2) is 27.2 Å². The lowest BCUT2D eigenvalue weighted by atomic mass is 9.93. The number of halogens is 4. The summed E-state index contributed by atoms with van der Waals surface area (Å²) >= 11 is 0. The van der Waals surface area contributed by atoms with Crippen molar-refractivity contribution in [3.05, 3.63) is 71.8 Å². The summed E-state index contributed by atoms with van der Waals surface area (Å²) in [7, 11) is 0. The number of amides is 4. The monoisotopic (exact) mass is 1050 g/mol. The number of nitrogens with two attached hydrogens (primary N) is 2. The van der Waals surface area contributed by atoms with Crippen LogP contribution in [-0.2, 0) is 28.8 Å². The zero-order valence-electron chi connectivity index (χ0n) is 44.8. The summed E-state index contributed by atoms with van der Waals surface area (Å²) in [5.41, 5.74) is 10.4. The minimum Gasteiger partial charge on any atom is -0.478 e. The van der Waals surface area contributed by atoms with Gasteiger partial charge in [-0.1, -0.05) is 67.5 Å². The maximum Gasteiger partial charge on any atom is 0.328 e. The third-order valence-corrected chi connectivity index (χ3v) is 12.4. The maximum atomic E-state index is 14.2. The number of carboxylic acids is 2. The standard InChI is InChI=1S/2C24H38F2N4O3.C4H4O4/c2*1-15(22(33)28-13-23(2,3)4)10-19(31)18(27)11-29-12-20(32)30(14-24(29,5)6)21-16(25)8-7-9-17(21)26;5-3(6)1-2-4(7)8/h2*7-9,15,18-19,31H,10-14,27H2,1-6H3,(H,28,33);1-2H,(H,5,6)(H,7,8)/b;;2-1+/t2*15-,18+,19+;/m11./s1. The summed E-state index contributed by atoms with van der Waals surface area (Å²) in [5, 5.41) is 42.6. The van der Waals surface area contributed by atoms with E-state index in [2.05, 4.69) is 10.6 Å². The van der Waals surface area contributed by atoms with Crippen LogP contribution in [0.4, 0.5) is 28.9 Å². The number of rotatable bonds is 18. The van der Waals surface area contributed by atoms with Gasteiger partial charge in [-0.05, 0) is 75.6 Å². The molecule has 0 spiro atoms. The van der Waals surface area contributed by atoms with Crippen molar-refractivity contribution in [3.8, 4) is 0 Å². The van der Waals surface area contributed by atoms with Gasteiger partial charge in [-0.15, -0.1) is 0 Å². The topological polar surface area (TPSA) is 272 Å². The minimum atomic E-state index is -1.26. The van der Waals surface area contributed by atoms with Crippen molar-refractivity contribution >= 4 is 46.9 Å². The molecular weight excluding hydrogens is 973 g/mol. The van der Waals surface area contributed by atoms with E-state index in [9.17, 15) is 56.5 Å². The van der Waals surface area contributed by atoms with E-state index in [1.807, 2.05) is 79.0 Å². The smallest absolute Gasteiger partial charge is 0.328 e. The molecular formula is C52H80F4N8O10. The molecule has 0 aliphatic carbocycles. The average Bonchev–Trinajstić information content (AvgIpc) is 3.26. The lowest BCUT2D eigenvalue weighted by molar-refractivity contribution is -0.134. The Morgan fingerprint density at radius 1 is 0.622 bits per heavy atom. The Morgan fingerprint density at radius 2 is 0.905 bits per heavy atom. The molecule has 2 aliphatic rings. The first-order valence-electron chi connectivity index (χ1n) is 24.4. The molecule has 4 rings (SSSR count). The second-order valence-corrected chi connectivity index (χ2v) is 22.8. The molecule has 2 aromatic carbocycles. The zero-order valence-corrected chi connectivity index (χ0v) is 44.8. The number of nitrogens with one attached hydrogen (secondary N) is 2. The summed E-state index contributed by atoms with van der Waals surface area (Å²) in [6.45, 7) is 24.4. The van der Waals surface area contributed by atoms with Crippen LogP contribution in [0.1, 0.15) is 95.9 Å². The van der Waals surface area contributed by atoms with Gasteiger partial charge in [0.2, 0.25) is 23.6 Å². The Balaban J connectivity index is 0.000000441. The zero-order chi connectivity index (χ0) is 56.8. The second-order valence-electron chi connectivity index (χ2n) is 22.8. The van der Waals surface area contributed by atoms with Crippen LogP contribution in [0.15, 0.2) is 48.6 Å². The lowest BCUT2D eigenvalue weighted by Gasteiger charge is -2.47. The normalized spacial score (nSPS) is 18.7. The highest BCUT2D eigenvalue weighted by Gasteiger charge is 2.43. The predicted molar refractivity (Wildman–Crippen MR) is 274 cm³/mol. The SMILES string of the molecule is C[C@H](C[C@H](O)[C@@H](N)CN1CC(=O)N(c2c(F)cccc2F)CC1(C)C)C(=O)NCC(C)(C)C.C[C@H](C[C@H](O)[C@@H](N)CN1CC(=O)N(c2c(F)cccc2F)CC1(C)C)C(=O)NCC(C)(C)C.O=C(O)/C=C/C(=O)O. The maximum absolute atomic E-state index is 14.2. The van der Waals surface area contributed by atoms with Crippen molar-refractivity contribution in [2.24, 2.45) is 34.1 Å². The minimum absolute atomic E-state index is 0.0454. The molecule has 18 nitrogen and oxygen atoms in total. The molecule has 2 fully saturated rings. The van der Waals surface area contributed by atoms with E-state index in [1.165, 1.54) is 12.1 Å². The summed E-state index contributed by atoms with van der Waals surface area (Å²) in [6, 6.07) is 5.59. The molecule has 10 N–H and O–H groups in total. The Bertz CT molecular complexity index is 2090. The number of para-hydroxylation sites is 2. The van der Waals surface area contributed by atoms with Crippen LogP contribution in [0.3, 0.4) is 0 Å². The van der Waals surface area contributed by atoms with Crippen molar-refractivity contribution < 1.29 is 66.8 Å². The largest absolute Gasteiger partial charge is 0.478 e. The first-order chi connectivity index (χ1) is 33.9. The third-order valence-electron chi connectivity index (χ3n) is 12.4. The van der Waals surface area contributed by atoms with Crippen LogP contribution in [0.25, 0.3) is 0 Å². The average molecular weight is 1050 g/mol. The van der Waals surface area contributed by atoms with E-state index in [-0.39, 0.29) is 86.1 Å². The molecule has 0 saturated carbocycles. The molecule has 0 bridgehead atoms. The number of hydrogen-bond acceptors (Lipinski definition) is 12. The van der Waals surface area contributed by atoms with Crippen LogP contribution in [0, 0.1) is 45.9 Å². The predicted octanol–water partition coefficient (Wildman–Crippen LogP) is 4.25. The molecule has 416 valence electrons. The number of aliphatic carboxylic acids is 2. The number of aliphatic hydroxyl groups excluding tert-OH is 2. The van der Waals surface area contributed by atoms with E-state index < -0.39 is 94.2 Å². The second kappa shape index (κ2) is 27.3. The highest BCUT2D eigenvalue weighted by atomic mass is 19.1. The number of hydrogen-bond donors (Lipinski definition) is 8. The van der Waals surface area contributed by atoms with Crippen LogP contribution in [0.2, 0.25) is 0 Å². The van der Waals surface area contributed by atoms with Crippen LogP contribution in [-0.4, -0.2) is 154 Å². The summed E-state index contributed by atoms with van der Waals surface area (Å²) < 4.78 is 57.0. The number of carboxylic acid groups (broad SMARTS) is 2. The Kier molecular flexibility index (Phi) is 23.8. The molecule has 2 heterocycles. The number of carbonyl (C=O) groups is 6. The van der Waals surface area contributed by atoms with E-state index in [0.717, 1.165) is 34.1 Å². The van der Waals surface area contributed by atoms with Gasteiger partial charge < -0.3 is 52.3 Å². The Hall–Kier alpha value is -5.52. The van der Waals surface area contributed by atoms with Crippen LogP contribution in [0.5, 0.6) is 0 Å². The van der Waals surface area contributed by atoms with Gasteiger partial charge >= 0.3 is 11.9 Å². The first-order valence-corrected chi connectivity index (χ1v) is 24.4. The fourth-order valence-electron chi connectivity index (χ4n) is 7.84. The highest BCUT2D eigenvalue weighted by molar-refractivity contribution is 5.97. The molecule has 0 aromatic heterocycles. The summed E-state index contributed by atoms with van der Waals surface area (Å²) in [5.74, 6) is -7.73. The molecule has 6 atom stereocenters.